The number of anilines is 1. The number of amides is 1. The maximum absolute atomic E-state index is 13.7. The van der Waals surface area contributed by atoms with Gasteiger partial charge in [-0.25, -0.2) is 8.78 Å². The maximum Gasteiger partial charge on any atom is 0.342 e. The van der Waals surface area contributed by atoms with Gasteiger partial charge in [0.15, 0.2) is 0 Å². The van der Waals surface area contributed by atoms with Crippen LogP contribution < -0.4 is 9.50 Å². The zero-order chi connectivity index (χ0) is 19.4. The van der Waals surface area contributed by atoms with Crippen LogP contribution >= 0.6 is 0 Å². The minimum Gasteiger partial charge on any atom is -0.379 e. The summed E-state index contributed by atoms with van der Waals surface area (Å²) in [5.74, 6) is -2.56. The molecule has 5 nitrogen and oxygen atoms in total. The van der Waals surface area contributed by atoms with E-state index in [0.29, 0.717) is 17.3 Å². The Morgan fingerprint density at radius 2 is 1.56 bits per heavy atom. The molecule has 0 saturated heterocycles. The van der Waals surface area contributed by atoms with E-state index >= 15 is 0 Å². The second kappa shape index (κ2) is 7.55. The van der Waals surface area contributed by atoms with Crippen molar-refractivity contribution in [3.63, 3.8) is 0 Å². The molecule has 1 amide bonds. The van der Waals surface area contributed by atoms with E-state index in [-0.39, 0.29) is 11.7 Å². The van der Waals surface area contributed by atoms with Crippen molar-refractivity contribution in [3.05, 3.63) is 90.0 Å². The molecule has 0 spiro atoms. The van der Waals surface area contributed by atoms with Gasteiger partial charge in [0, 0.05) is 17.3 Å². The minimum absolute atomic E-state index is 0.0866. The largest absolute Gasteiger partial charge is 0.379 e. The third-order valence-electron chi connectivity index (χ3n) is 3.52. The van der Waals surface area contributed by atoms with Crippen LogP contribution in [0.1, 0.15) is 10.4 Å². The van der Waals surface area contributed by atoms with Gasteiger partial charge in [-0.3, -0.25) is 4.79 Å². The molecule has 0 unspecified atom stereocenters. The molecular weight excluding hydrogens is 376 g/mol. The summed E-state index contributed by atoms with van der Waals surface area (Å²) in [4.78, 5) is 11.3. The quantitative estimate of drug-likeness (QED) is 0.670. The Balaban J connectivity index is 1.73. The topological polar surface area (TPSA) is 72.5 Å². The molecule has 0 heterocycles. The molecule has 0 aliphatic heterocycles. The summed E-state index contributed by atoms with van der Waals surface area (Å²) in [5.41, 5.74) is 0.883. The molecule has 0 bridgehead atoms. The standard InChI is InChI=1S/C19H13F2NO4S/c20-14-6-11-18(17(21)12-14)27(24,25)26-16-9-7-15(8-10-16)22-19(23)13-4-2-1-3-5-13/h1-12H,(H,22,23). The van der Waals surface area contributed by atoms with E-state index in [0.717, 1.165) is 12.1 Å². The molecule has 0 saturated carbocycles. The van der Waals surface area contributed by atoms with Gasteiger partial charge in [0.05, 0.1) is 0 Å². The highest BCUT2D eigenvalue weighted by Crippen LogP contribution is 2.23. The van der Waals surface area contributed by atoms with Crippen LogP contribution in [0.15, 0.2) is 77.7 Å². The number of benzene rings is 3. The van der Waals surface area contributed by atoms with Gasteiger partial charge >= 0.3 is 10.1 Å². The van der Waals surface area contributed by atoms with Crippen LogP contribution in [-0.4, -0.2) is 14.3 Å². The van der Waals surface area contributed by atoms with E-state index in [1.54, 1.807) is 30.3 Å². The average molecular weight is 389 g/mol. The average Bonchev–Trinajstić information content (AvgIpc) is 2.63. The highest BCUT2D eigenvalue weighted by molar-refractivity contribution is 7.87. The Morgan fingerprint density at radius 1 is 0.889 bits per heavy atom. The Hall–Kier alpha value is -3.26. The van der Waals surface area contributed by atoms with Gasteiger partial charge in [-0.1, -0.05) is 18.2 Å². The van der Waals surface area contributed by atoms with Gasteiger partial charge < -0.3 is 9.50 Å². The van der Waals surface area contributed by atoms with Gasteiger partial charge in [0.1, 0.15) is 22.3 Å². The van der Waals surface area contributed by atoms with Crippen molar-refractivity contribution in [2.24, 2.45) is 0 Å². The van der Waals surface area contributed by atoms with Crippen molar-refractivity contribution in [3.8, 4) is 5.75 Å². The number of rotatable bonds is 5. The van der Waals surface area contributed by atoms with Crippen molar-refractivity contribution in [1.29, 1.82) is 0 Å². The molecule has 27 heavy (non-hydrogen) atoms. The molecule has 0 aliphatic carbocycles. The fourth-order valence-electron chi connectivity index (χ4n) is 2.24. The number of nitrogens with one attached hydrogen (secondary N) is 1. The van der Waals surface area contributed by atoms with Crippen LogP contribution in [0.3, 0.4) is 0 Å². The first-order valence-electron chi connectivity index (χ1n) is 7.71. The number of carbonyl (C=O) groups excluding carboxylic acids is 1. The van der Waals surface area contributed by atoms with Gasteiger partial charge in [0.2, 0.25) is 0 Å². The van der Waals surface area contributed by atoms with Crippen LogP contribution in [0.4, 0.5) is 14.5 Å². The first kappa shape index (κ1) is 18.5. The van der Waals surface area contributed by atoms with Crippen molar-refractivity contribution in [1.82, 2.24) is 0 Å². The molecule has 0 fully saturated rings. The second-order valence-corrected chi connectivity index (χ2v) is 6.97. The van der Waals surface area contributed by atoms with E-state index in [4.69, 9.17) is 4.18 Å². The number of hydrogen-bond acceptors (Lipinski definition) is 4. The lowest BCUT2D eigenvalue weighted by atomic mass is 10.2. The third-order valence-corrected chi connectivity index (χ3v) is 4.80. The molecular formula is C19H13F2NO4S. The first-order chi connectivity index (χ1) is 12.8. The molecule has 8 heteroatoms. The molecule has 0 atom stereocenters. The smallest absolute Gasteiger partial charge is 0.342 e. The van der Waals surface area contributed by atoms with E-state index in [1.165, 1.54) is 24.3 Å². The first-order valence-corrected chi connectivity index (χ1v) is 9.12. The van der Waals surface area contributed by atoms with Gasteiger partial charge in [-0.05, 0) is 48.5 Å². The number of hydrogen-bond donors (Lipinski definition) is 1. The summed E-state index contributed by atoms with van der Waals surface area (Å²) in [5, 5.41) is 2.65. The van der Waals surface area contributed by atoms with Crippen LogP contribution in [-0.2, 0) is 10.1 Å². The number of carbonyl (C=O) groups is 1. The minimum atomic E-state index is -4.47. The molecule has 0 aromatic heterocycles. The molecule has 138 valence electrons. The van der Waals surface area contributed by atoms with Crippen LogP contribution in [0.25, 0.3) is 0 Å². The lowest BCUT2D eigenvalue weighted by molar-refractivity contribution is 0.102. The summed E-state index contributed by atoms with van der Waals surface area (Å²) in [6.45, 7) is 0. The van der Waals surface area contributed by atoms with Crippen molar-refractivity contribution in [2.75, 3.05) is 5.32 Å². The second-order valence-electron chi connectivity index (χ2n) is 5.46. The molecule has 1 N–H and O–H groups in total. The fraction of sp³-hybridized carbons (Fsp3) is 0. The predicted octanol–water partition coefficient (Wildman–Crippen LogP) is 3.98. The van der Waals surface area contributed by atoms with Crippen molar-refractivity contribution in [2.45, 2.75) is 4.90 Å². The summed E-state index contributed by atoms with van der Waals surface area (Å²) < 4.78 is 55.7. The monoisotopic (exact) mass is 389 g/mol. The summed E-state index contributed by atoms with van der Waals surface area (Å²) >= 11 is 0. The zero-order valence-corrected chi connectivity index (χ0v) is 14.5. The van der Waals surface area contributed by atoms with E-state index in [2.05, 4.69) is 5.32 Å². The summed E-state index contributed by atoms with van der Waals surface area (Å²) in [6, 6.07) is 16.1. The summed E-state index contributed by atoms with van der Waals surface area (Å²) in [7, 11) is -4.47. The van der Waals surface area contributed by atoms with Gasteiger partial charge in [0.25, 0.3) is 5.91 Å². The Bertz CT molecular complexity index is 1070. The summed E-state index contributed by atoms with van der Waals surface area (Å²) in [6.07, 6.45) is 0. The van der Waals surface area contributed by atoms with Crippen molar-refractivity contribution < 1.29 is 26.2 Å². The molecule has 0 aliphatic rings. The van der Waals surface area contributed by atoms with Gasteiger partial charge in [-0.2, -0.15) is 8.42 Å². The normalized spacial score (nSPS) is 11.0. The van der Waals surface area contributed by atoms with Crippen LogP contribution in [0.2, 0.25) is 0 Å². The Morgan fingerprint density at radius 3 is 2.19 bits per heavy atom. The zero-order valence-electron chi connectivity index (χ0n) is 13.7. The molecule has 0 radical (unpaired) electrons. The lowest BCUT2D eigenvalue weighted by Gasteiger charge is -2.09. The van der Waals surface area contributed by atoms with Crippen LogP contribution in [0, 0.1) is 11.6 Å². The van der Waals surface area contributed by atoms with E-state index in [9.17, 15) is 22.0 Å². The SMILES string of the molecule is O=C(Nc1ccc(OS(=O)(=O)c2ccc(F)cc2F)cc1)c1ccccc1. The van der Waals surface area contributed by atoms with E-state index in [1.807, 2.05) is 0 Å². The molecule has 3 rings (SSSR count). The molecule has 3 aromatic rings. The highest BCUT2D eigenvalue weighted by atomic mass is 32.2. The van der Waals surface area contributed by atoms with E-state index < -0.39 is 26.6 Å². The number of halogens is 2. The lowest BCUT2D eigenvalue weighted by Crippen LogP contribution is -2.13. The molecule has 3 aromatic carbocycles. The third kappa shape index (κ3) is 4.48. The van der Waals surface area contributed by atoms with Crippen LogP contribution in [0.5, 0.6) is 5.75 Å². The Kier molecular flexibility index (Phi) is 5.18. The van der Waals surface area contributed by atoms with Crippen molar-refractivity contribution >= 4 is 21.7 Å². The predicted molar refractivity (Wildman–Crippen MR) is 95.0 cm³/mol. The maximum atomic E-state index is 13.7. The fourth-order valence-corrected chi connectivity index (χ4v) is 3.22. The Labute approximate surface area is 154 Å². The highest BCUT2D eigenvalue weighted by Gasteiger charge is 2.22. The van der Waals surface area contributed by atoms with Gasteiger partial charge in [-0.15, -0.1) is 0 Å².